The van der Waals surface area contributed by atoms with Gasteiger partial charge in [0, 0.05) is 16.5 Å². The van der Waals surface area contributed by atoms with Crippen LogP contribution in [-0.2, 0) is 5.60 Å². The quantitative estimate of drug-likeness (QED) is 0.706. The number of anilines is 1. The molecule has 2 aromatic rings. The van der Waals surface area contributed by atoms with Crippen molar-refractivity contribution >= 4 is 28.1 Å². The molecule has 0 bridgehead atoms. The van der Waals surface area contributed by atoms with Crippen LogP contribution in [0.25, 0.3) is 10.8 Å². The molecule has 0 fully saturated rings. The Hall–Kier alpha value is -1.45. The zero-order valence-corrected chi connectivity index (χ0v) is 10.1. The number of hydrogen-bond donors (Lipinski definition) is 2. The Labute approximate surface area is 104 Å². The average molecular weight is 250 g/mol. The van der Waals surface area contributed by atoms with Gasteiger partial charge in [0.15, 0.2) is 0 Å². The summed E-state index contributed by atoms with van der Waals surface area (Å²) >= 11 is 6.12. The molecule has 17 heavy (non-hydrogen) atoms. The summed E-state index contributed by atoms with van der Waals surface area (Å²) in [6, 6.07) is 7.34. The van der Waals surface area contributed by atoms with Gasteiger partial charge in [-0.15, -0.1) is 0 Å². The van der Waals surface area contributed by atoms with Gasteiger partial charge in [-0.2, -0.15) is 0 Å². The van der Waals surface area contributed by atoms with E-state index in [1.807, 2.05) is 18.2 Å². The van der Waals surface area contributed by atoms with Gasteiger partial charge in [-0.3, -0.25) is 0 Å². The van der Waals surface area contributed by atoms with Crippen molar-refractivity contribution in [2.75, 3.05) is 12.3 Å². The lowest BCUT2D eigenvalue weighted by molar-refractivity contribution is 0.00383. The van der Waals surface area contributed by atoms with Gasteiger partial charge in [-0.25, -0.2) is 0 Å². The third kappa shape index (κ3) is 1.39. The minimum Gasteiger partial charge on any atom is -0.488 e. The van der Waals surface area contributed by atoms with Crippen molar-refractivity contribution < 1.29 is 9.84 Å². The van der Waals surface area contributed by atoms with Crippen molar-refractivity contribution in [3.63, 3.8) is 0 Å². The predicted molar refractivity (Wildman–Crippen MR) is 68.4 cm³/mol. The zero-order valence-electron chi connectivity index (χ0n) is 9.33. The summed E-state index contributed by atoms with van der Waals surface area (Å²) in [5.74, 6) is 0.609. The SMILES string of the molecule is CC1(O)COc2c(Cl)cc(N)c3cccc1c23. The maximum absolute atomic E-state index is 10.3. The monoisotopic (exact) mass is 249 g/mol. The van der Waals surface area contributed by atoms with Crippen molar-refractivity contribution in [3.05, 3.63) is 34.9 Å². The minimum absolute atomic E-state index is 0.197. The molecule has 1 aliphatic heterocycles. The first-order valence-corrected chi connectivity index (χ1v) is 5.75. The summed E-state index contributed by atoms with van der Waals surface area (Å²) in [5, 5.41) is 12.5. The fraction of sp³-hybridized carbons (Fsp3) is 0.231. The molecule has 1 aliphatic rings. The molecular formula is C13H12ClNO2. The Bertz CT molecular complexity index is 622. The molecule has 0 saturated heterocycles. The fourth-order valence-electron chi connectivity index (χ4n) is 2.32. The minimum atomic E-state index is -1.01. The Balaban J connectivity index is 2.52. The van der Waals surface area contributed by atoms with Crippen LogP contribution in [0, 0.1) is 0 Å². The molecule has 4 heteroatoms. The summed E-state index contributed by atoms with van der Waals surface area (Å²) in [6.07, 6.45) is 0. The molecule has 1 heterocycles. The average Bonchev–Trinajstić information content (AvgIpc) is 2.27. The van der Waals surface area contributed by atoms with Crippen molar-refractivity contribution in [2.24, 2.45) is 0 Å². The smallest absolute Gasteiger partial charge is 0.146 e. The summed E-state index contributed by atoms with van der Waals surface area (Å²) in [5.41, 5.74) is 6.34. The zero-order chi connectivity index (χ0) is 12.2. The Morgan fingerprint density at radius 2 is 2.24 bits per heavy atom. The van der Waals surface area contributed by atoms with E-state index in [1.54, 1.807) is 13.0 Å². The van der Waals surface area contributed by atoms with E-state index in [4.69, 9.17) is 22.1 Å². The lowest BCUT2D eigenvalue weighted by atomic mass is 9.89. The van der Waals surface area contributed by atoms with Crippen LogP contribution in [0.3, 0.4) is 0 Å². The van der Waals surface area contributed by atoms with Gasteiger partial charge in [-0.1, -0.05) is 29.8 Å². The summed E-state index contributed by atoms with van der Waals surface area (Å²) in [6.45, 7) is 1.92. The standard InChI is InChI=1S/C13H12ClNO2/c1-13(16)6-17-12-9(14)5-10(15)7-3-2-4-8(13)11(7)12/h2-5,16H,6,15H2,1H3. The van der Waals surface area contributed by atoms with Crippen LogP contribution in [0.1, 0.15) is 12.5 Å². The predicted octanol–water partition coefficient (Wildman–Crippen LogP) is 2.68. The third-order valence-electron chi connectivity index (χ3n) is 3.18. The lowest BCUT2D eigenvalue weighted by Crippen LogP contribution is -2.32. The number of aliphatic hydroxyl groups is 1. The number of nitrogens with two attached hydrogens (primary N) is 1. The summed E-state index contributed by atoms with van der Waals surface area (Å²) in [7, 11) is 0. The Morgan fingerprint density at radius 3 is 3.00 bits per heavy atom. The summed E-state index contributed by atoms with van der Waals surface area (Å²) in [4.78, 5) is 0. The highest BCUT2D eigenvalue weighted by atomic mass is 35.5. The Kier molecular flexibility index (Phi) is 2.06. The topological polar surface area (TPSA) is 55.5 Å². The van der Waals surface area contributed by atoms with Gasteiger partial charge < -0.3 is 15.6 Å². The van der Waals surface area contributed by atoms with Gasteiger partial charge in [0.25, 0.3) is 0 Å². The van der Waals surface area contributed by atoms with Crippen molar-refractivity contribution in [1.82, 2.24) is 0 Å². The van der Waals surface area contributed by atoms with Crippen molar-refractivity contribution in [1.29, 1.82) is 0 Å². The lowest BCUT2D eigenvalue weighted by Gasteiger charge is -2.31. The van der Waals surface area contributed by atoms with Crippen LogP contribution in [-0.4, -0.2) is 11.7 Å². The molecular weight excluding hydrogens is 238 g/mol. The first kappa shape index (κ1) is 10.7. The van der Waals surface area contributed by atoms with Crippen LogP contribution in [0.15, 0.2) is 24.3 Å². The number of hydrogen-bond acceptors (Lipinski definition) is 3. The van der Waals surface area contributed by atoms with E-state index in [0.29, 0.717) is 16.5 Å². The van der Waals surface area contributed by atoms with E-state index in [0.717, 1.165) is 16.3 Å². The molecule has 0 aliphatic carbocycles. The highest BCUT2D eigenvalue weighted by Gasteiger charge is 2.33. The summed E-state index contributed by atoms with van der Waals surface area (Å²) < 4.78 is 5.56. The number of halogens is 1. The van der Waals surface area contributed by atoms with E-state index in [-0.39, 0.29) is 6.61 Å². The maximum atomic E-state index is 10.3. The molecule has 1 unspecified atom stereocenters. The first-order chi connectivity index (χ1) is 8.00. The van der Waals surface area contributed by atoms with E-state index in [1.165, 1.54) is 0 Å². The molecule has 0 amide bonds. The van der Waals surface area contributed by atoms with E-state index in [9.17, 15) is 5.11 Å². The third-order valence-corrected chi connectivity index (χ3v) is 3.46. The largest absolute Gasteiger partial charge is 0.488 e. The number of rotatable bonds is 0. The van der Waals surface area contributed by atoms with E-state index in [2.05, 4.69) is 0 Å². The van der Waals surface area contributed by atoms with Crippen LogP contribution < -0.4 is 10.5 Å². The van der Waals surface area contributed by atoms with Crippen LogP contribution in [0.5, 0.6) is 5.75 Å². The molecule has 0 aromatic heterocycles. The molecule has 0 spiro atoms. The van der Waals surface area contributed by atoms with Crippen molar-refractivity contribution in [2.45, 2.75) is 12.5 Å². The van der Waals surface area contributed by atoms with E-state index < -0.39 is 5.60 Å². The molecule has 3 N–H and O–H groups in total. The first-order valence-electron chi connectivity index (χ1n) is 5.37. The molecule has 0 radical (unpaired) electrons. The molecule has 88 valence electrons. The highest BCUT2D eigenvalue weighted by molar-refractivity contribution is 6.34. The number of benzene rings is 2. The number of ether oxygens (including phenoxy) is 1. The second kappa shape index (κ2) is 3.28. The molecule has 3 nitrogen and oxygen atoms in total. The van der Waals surface area contributed by atoms with Crippen LogP contribution in [0.2, 0.25) is 5.02 Å². The van der Waals surface area contributed by atoms with Gasteiger partial charge >= 0.3 is 0 Å². The van der Waals surface area contributed by atoms with Gasteiger partial charge in [0.05, 0.1) is 5.02 Å². The number of nitrogen functional groups attached to an aromatic ring is 1. The van der Waals surface area contributed by atoms with Crippen molar-refractivity contribution in [3.8, 4) is 5.75 Å². The molecule has 1 atom stereocenters. The Morgan fingerprint density at radius 1 is 1.47 bits per heavy atom. The second-order valence-corrected chi connectivity index (χ2v) is 4.97. The van der Waals surface area contributed by atoms with Crippen LogP contribution in [0.4, 0.5) is 5.69 Å². The van der Waals surface area contributed by atoms with Crippen LogP contribution >= 0.6 is 11.6 Å². The van der Waals surface area contributed by atoms with Gasteiger partial charge in [0.1, 0.15) is 18.0 Å². The fourth-order valence-corrected chi connectivity index (χ4v) is 2.58. The van der Waals surface area contributed by atoms with Gasteiger partial charge in [-0.05, 0) is 18.6 Å². The second-order valence-electron chi connectivity index (χ2n) is 4.57. The van der Waals surface area contributed by atoms with Gasteiger partial charge in [0.2, 0.25) is 0 Å². The highest BCUT2D eigenvalue weighted by Crippen LogP contribution is 2.45. The molecule has 3 rings (SSSR count). The molecule has 0 saturated carbocycles. The molecule has 2 aromatic carbocycles. The maximum Gasteiger partial charge on any atom is 0.146 e. The van der Waals surface area contributed by atoms with E-state index >= 15 is 0 Å². The normalized spacial score (nSPS) is 22.5.